The molecule has 3 rings (SSSR count). The number of benzene rings is 2. The quantitative estimate of drug-likeness (QED) is 0.228. The highest BCUT2D eigenvalue weighted by Gasteiger charge is 2.09. The van der Waals surface area contributed by atoms with Crippen LogP contribution in [-0.2, 0) is 16.6 Å². The first-order valence-electron chi connectivity index (χ1n) is 11.3. The van der Waals surface area contributed by atoms with Crippen molar-refractivity contribution in [2.45, 2.75) is 19.8 Å². The van der Waals surface area contributed by atoms with Crippen LogP contribution in [0.5, 0.6) is 0 Å². The van der Waals surface area contributed by atoms with Gasteiger partial charge in [-0.05, 0) is 54.0 Å². The number of nitrogens with one attached hydrogen (secondary N) is 1. The molecule has 5 nitrogen and oxygen atoms in total. The summed E-state index contributed by atoms with van der Waals surface area (Å²) in [6.07, 6.45) is 12.6. The second-order valence-corrected chi connectivity index (χ2v) is 8.87. The Morgan fingerprint density at radius 3 is 2.53 bits per heavy atom. The topological polar surface area (TPSA) is 64.0 Å². The highest BCUT2D eigenvalue weighted by molar-refractivity contribution is 6.36. The molecule has 0 fully saturated rings. The number of allylic oxidation sites excluding steroid dienone is 4. The van der Waals surface area contributed by atoms with Gasteiger partial charge in [-0.15, -0.1) is 0 Å². The van der Waals surface area contributed by atoms with Crippen molar-refractivity contribution in [3.63, 3.8) is 0 Å². The number of hydrogen-bond donors (Lipinski definition) is 1. The highest BCUT2D eigenvalue weighted by Crippen LogP contribution is 2.30. The predicted octanol–water partition coefficient (Wildman–Crippen LogP) is 7.13. The van der Waals surface area contributed by atoms with Gasteiger partial charge in [-0.3, -0.25) is 4.79 Å². The zero-order chi connectivity index (χ0) is 26.1. The molecule has 0 saturated carbocycles. The summed E-state index contributed by atoms with van der Waals surface area (Å²) in [4.78, 5) is 26.8. The van der Waals surface area contributed by atoms with E-state index in [-0.39, 0.29) is 18.7 Å². The van der Waals surface area contributed by atoms with Crippen molar-refractivity contribution < 1.29 is 9.59 Å². The minimum atomic E-state index is -0.231. The summed E-state index contributed by atoms with van der Waals surface area (Å²) >= 11 is 12.3. The number of aldehydes is 1. The number of carbonyl (C=O) groups excluding carboxylic acids is 2. The maximum absolute atomic E-state index is 11.7. The molecule has 184 valence electrons. The lowest BCUT2D eigenvalue weighted by atomic mass is 10.0. The summed E-state index contributed by atoms with van der Waals surface area (Å²) in [6.45, 7) is 5.79. The molecule has 0 spiro atoms. The second-order valence-electron chi connectivity index (χ2n) is 8.03. The molecule has 1 N–H and O–H groups in total. The number of halogens is 2. The first-order chi connectivity index (χ1) is 17.3. The summed E-state index contributed by atoms with van der Waals surface area (Å²) in [5.41, 5.74) is 5.12. The van der Waals surface area contributed by atoms with Crippen LogP contribution >= 0.6 is 23.2 Å². The van der Waals surface area contributed by atoms with Gasteiger partial charge in [-0.2, -0.15) is 0 Å². The third-order valence-electron chi connectivity index (χ3n) is 5.35. The van der Waals surface area contributed by atoms with E-state index in [0.717, 1.165) is 40.1 Å². The first-order valence-corrected chi connectivity index (χ1v) is 12.1. The summed E-state index contributed by atoms with van der Waals surface area (Å²) in [7, 11) is 1.94. The van der Waals surface area contributed by atoms with E-state index in [9.17, 15) is 9.59 Å². The lowest BCUT2D eigenvalue weighted by Crippen LogP contribution is -2.20. The van der Waals surface area contributed by atoms with E-state index in [2.05, 4.69) is 11.9 Å². The van der Waals surface area contributed by atoms with Crippen LogP contribution in [0.3, 0.4) is 0 Å². The van der Waals surface area contributed by atoms with Crippen molar-refractivity contribution in [3.05, 3.63) is 106 Å². The summed E-state index contributed by atoms with van der Waals surface area (Å²) in [5, 5.41) is 3.82. The van der Waals surface area contributed by atoms with Crippen molar-refractivity contribution in [3.8, 4) is 11.3 Å². The minimum absolute atomic E-state index is 0.149. The van der Waals surface area contributed by atoms with Crippen LogP contribution in [-0.4, -0.2) is 21.7 Å². The lowest BCUT2D eigenvalue weighted by molar-refractivity contribution is -0.121. The van der Waals surface area contributed by atoms with Crippen molar-refractivity contribution in [2.75, 3.05) is 0 Å². The molecule has 7 heteroatoms. The van der Waals surface area contributed by atoms with Crippen molar-refractivity contribution in [1.29, 1.82) is 0 Å². The smallest absolute Gasteiger partial charge is 0.224 e. The molecular weight excluding hydrogens is 493 g/mol. The molecule has 0 atom stereocenters. The van der Waals surface area contributed by atoms with Gasteiger partial charge in [-0.1, -0.05) is 72.3 Å². The van der Waals surface area contributed by atoms with E-state index in [0.29, 0.717) is 15.7 Å². The molecule has 2 aromatic carbocycles. The van der Waals surface area contributed by atoms with Crippen LogP contribution in [0.15, 0.2) is 79.2 Å². The fraction of sp³-hybridized carbons (Fsp3) is 0.138. The molecule has 3 aromatic rings. The van der Waals surface area contributed by atoms with E-state index in [1.807, 2.05) is 79.4 Å². The van der Waals surface area contributed by atoms with Crippen LogP contribution in [0.1, 0.15) is 36.7 Å². The summed E-state index contributed by atoms with van der Waals surface area (Å²) in [5.74, 6) is 0.567. The van der Waals surface area contributed by atoms with E-state index in [1.54, 1.807) is 18.2 Å². The maximum atomic E-state index is 11.7. The molecular formula is C29H27Cl2N3O2. The Morgan fingerprint density at radius 1 is 1.11 bits per heavy atom. The van der Waals surface area contributed by atoms with E-state index in [1.165, 1.54) is 0 Å². The Hall–Kier alpha value is -3.67. The number of nitrogens with zero attached hydrogens (tertiary/aromatic N) is 2. The van der Waals surface area contributed by atoms with Gasteiger partial charge in [0.2, 0.25) is 5.91 Å². The zero-order valence-electron chi connectivity index (χ0n) is 20.2. The van der Waals surface area contributed by atoms with Gasteiger partial charge in [0.15, 0.2) is 0 Å². The van der Waals surface area contributed by atoms with Crippen molar-refractivity contribution >= 4 is 53.1 Å². The first kappa shape index (κ1) is 26.9. The fourth-order valence-electron chi connectivity index (χ4n) is 3.44. The number of aromatic nitrogens is 2. The van der Waals surface area contributed by atoms with Gasteiger partial charge >= 0.3 is 0 Å². The monoisotopic (exact) mass is 519 g/mol. The van der Waals surface area contributed by atoms with E-state index in [4.69, 9.17) is 28.2 Å². The summed E-state index contributed by atoms with van der Waals surface area (Å²) < 4.78 is 1.94. The number of hydrogen-bond acceptors (Lipinski definition) is 3. The molecule has 0 unspecified atom stereocenters. The predicted molar refractivity (Wildman–Crippen MR) is 149 cm³/mol. The third kappa shape index (κ3) is 7.41. The average Bonchev–Trinajstić information content (AvgIpc) is 3.22. The van der Waals surface area contributed by atoms with Gasteiger partial charge in [-0.25, -0.2) is 4.98 Å². The zero-order valence-corrected chi connectivity index (χ0v) is 21.7. The van der Waals surface area contributed by atoms with Crippen molar-refractivity contribution in [1.82, 2.24) is 14.9 Å². The van der Waals surface area contributed by atoms with Gasteiger partial charge in [0.25, 0.3) is 0 Å². The minimum Gasteiger partial charge on any atom is -0.334 e. The fourth-order valence-corrected chi connectivity index (χ4v) is 3.95. The lowest BCUT2D eigenvalue weighted by Gasteiger charge is -2.05. The number of aryl methyl sites for hydroxylation is 1. The molecule has 0 bridgehead atoms. The third-order valence-corrected chi connectivity index (χ3v) is 5.90. The molecule has 0 aliphatic heterocycles. The molecule has 36 heavy (non-hydrogen) atoms. The molecule has 0 saturated heterocycles. The largest absolute Gasteiger partial charge is 0.334 e. The maximum Gasteiger partial charge on any atom is 0.224 e. The number of carbonyl (C=O) groups is 2. The Morgan fingerprint density at radius 2 is 1.86 bits per heavy atom. The molecule has 1 aromatic heterocycles. The molecule has 0 aliphatic rings. The molecule has 1 heterocycles. The van der Waals surface area contributed by atoms with Crippen LogP contribution in [0, 0.1) is 0 Å². The Bertz CT molecular complexity index is 1350. The van der Waals surface area contributed by atoms with Crippen LogP contribution in [0.25, 0.3) is 29.0 Å². The van der Waals surface area contributed by atoms with E-state index < -0.39 is 0 Å². The molecule has 1 amide bonds. The number of rotatable bonds is 10. The van der Waals surface area contributed by atoms with Crippen molar-refractivity contribution in [2.24, 2.45) is 7.05 Å². The normalized spacial score (nSPS) is 11.8. The van der Waals surface area contributed by atoms with Crippen LogP contribution in [0.2, 0.25) is 10.0 Å². The SMILES string of the molecule is C=C(/C=C\C(=C/C)c1ccc(/C=C/c2nc(-c3ccc(Cl)cc3Cl)cn2C)cc1)NC(=O)CCC=O. The Labute approximate surface area is 221 Å². The van der Waals surface area contributed by atoms with Crippen LogP contribution in [0.4, 0.5) is 0 Å². The Balaban J connectivity index is 1.67. The van der Waals surface area contributed by atoms with Gasteiger partial charge < -0.3 is 14.7 Å². The average molecular weight is 520 g/mol. The van der Waals surface area contributed by atoms with Crippen LogP contribution < -0.4 is 5.32 Å². The molecule has 0 radical (unpaired) electrons. The Kier molecular flexibility index (Phi) is 9.62. The molecule has 0 aliphatic carbocycles. The second kappa shape index (κ2) is 12.9. The number of imidazole rings is 1. The van der Waals surface area contributed by atoms with E-state index >= 15 is 0 Å². The van der Waals surface area contributed by atoms with Gasteiger partial charge in [0, 0.05) is 42.4 Å². The standard InChI is InChI=1S/C29H27Cl2N3O2/c1-4-22(11-7-20(2)32-29(36)6-5-17-35)23-12-8-21(9-13-23)10-16-28-33-27(19-34(28)3)25-15-14-24(30)18-26(25)31/h4,7-19H,2,5-6H2,1,3H3,(H,32,36)/b11-7-,16-10+,22-4+. The highest BCUT2D eigenvalue weighted by atomic mass is 35.5. The number of amides is 1. The summed E-state index contributed by atoms with van der Waals surface area (Å²) in [6, 6.07) is 13.5. The van der Waals surface area contributed by atoms with Gasteiger partial charge in [0.1, 0.15) is 12.1 Å². The van der Waals surface area contributed by atoms with Gasteiger partial charge in [0.05, 0.1) is 10.7 Å².